The van der Waals surface area contributed by atoms with Crippen molar-refractivity contribution in [1.82, 2.24) is 9.29 Å². The summed E-state index contributed by atoms with van der Waals surface area (Å²) in [5.41, 5.74) is -0.203. The predicted molar refractivity (Wildman–Crippen MR) is 99.7 cm³/mol. The minimum absolute atomic E-state index is 0.0759. The van der Waals surface area contributed by atoms with Crippen LogP contribution in [0.3, 0.4) is 0 Å². The molecule has 28 heavy (non-hydrogen) atoms. The van der Waals surface area contributed by atoms with Crippen LogP contribution < -0.4 is 10.0 Å². The van der Waals surface area contributed by atoms with Crippen molar-refractivity contribution in [3.63, 3.8) is 0 Å². The van der Waals surface area contributed by atoms with Crippen molar-refractivity contribution in [3.05, 3.63) is 52.8 Å². The quantitative estimate of drug-likeness (QED) is 0.522. The monoisotopic (exact) mass is 427 g/mol. The van der Waals surface area contributed by atoms with Crippen LogP contribution in [0.5, 0.6) is 0 Å². The van der Waals surface area contributed by atoms with Crippen molar-refractivity contribution in [3.8, 4) is 0 Å². The Morgan fingerprint density at radius 2 is 1.71 bits per heavy atom. The molecule has 1 aliphatic rings. The van der Waals surface area contributed by atoms with Gasteiger partial charge in [-0.3, -0.25) is 15.1 Å². The highest BCUT2D eigenvalue weighted by Crippen LogP contribution is 2.31. The molecule has 0 amide bonds. The van der Waals surface area contributed by atoms with Crippen LogP contribution in [0.25, 0.3) is 0 Å². The van der Waals surface area contributed by atoms with Crippen LogP contribution in [0.4, 0.5) is 11.4 Å². The molecular formula is C15H17N5O6S2. The van der Waals surface area contributed by atoms with Gasteiger partial charge in [0, 0.05) is 44.6 Å². The SMILES string of the molecule is NS(=O)(=O)c1ccc(N2CCN(S(=O)(=O)c3cccnc3)CC2)c([N+](=O)[O-])c1. The van der Waals surface area contributed by atoms with E-state index < -0.39 is 30.7 Å². The fourth-order valence-electron chi connectivity index (χ4n) is 2.91. The molecule has 1 aliphatic heterocycles. The summed E-state index contributed by atoms with van der Waals surface area (Å²) in [6.45, 7) is 0.640. The zero-order chi connectivity index (χ0) is 20.5. The van der Waals surface area contributed by atoms with Crippen LogP contribution in [0.15, 0.2) is 52.5 Å². The van der Waals surface area contributed by atoms with Crippen molar-refractivity contribution < 1.29 is 21.8 Å². The van der Waals surface area contributed by atoms with Gasteiger partial charge in [-0.2, -0.15) is 4.31 Å². The third-order valence-corrected chi connectivity index (χ3v) is 7.12. The second-order valence-corrected chi connectivity index (χ2v) is 9.53. The number of sulfonamides is 2. The van der Waals surface area contributed by atoms with Gasteiger partial charge in [-0.25, -0.2) is 22.0 Å². The normalized spacial score (nSPS) is 16.1. The first-order valence-electron chi connectivity index (χ1n) is 8.07. The number of pyridine rings is 1. The second kappa shape index (κ2) is 7.43. The average molecular weight is 427 g/mol. The average Bonchev–Trinajstić information content (AvgIpc) is 2.67. The predicted octanol–water partition coefficient (Wildman–Crippen LogP) is 0.148. The molecule has 3 rings (SSSR count). The first kappa shape index (κ1) is 20.1. The summed E-state index contributed by atoms with van der Waals surface area (Å²) in [6.07, 6.45) is 2.74. The van der Waals surface area contributed by atoms with Gasteiger partial charge in [0.15, 0.2) is 0 Å². The van der Waals surface area contributed by atoms with E-state index in [1.807, 2.05) is 0 Å². The molecule has 11 nitrogen and oxygen atoms in total. The molecule has 0 atom stereocenters. The van der Waals surface area contributed by atoms with Crippen molar-refractivity contribution in [1.29, 1.82) is 0 Å². The van der Waals surface area contributed by atoms with E-state index in [9.17, 15) is 26.9 Å². The number of nitrogens with zero attached hydrogens (tertiary/aromatic N) is 4. The highest BCUT2D eigenvalue weighted by atomic mass is 32.2. The lowest BCUT2D eigenvalue weighted by Gasteiger charge is -2.35. The minimum atomic E-state index is -4.08. The third kappa shape index (κ3) is 3.96. The van der Waals surface area contributed by atoms with Gasteiger partial charge in [0.1, 0.15) is 10.6 Å². The van der Waals surface area contributed by atoms with E-state index >= 15 is 0 Å². The standard InChI is InChI=1S/C15H17N5O6S2/c16-27(23,24)12-3-4-14(15(10-12)20(21)22)18-6-8-19(9-7-18)28(25,26)13-2-1-5-17-11-13/h1-5,10-11H,6-9H2,(H2,16,23,24). The summed E-state index contributed by atoms with van der Waals surface area (Å²) >= 11 is 0. The molecule has 150 valence electrons. The first-order chi connectivity index (χ1) is 13.1. The smallest absolute Gasteiger partial charge is 0.293 e. The number of hydrogen-bond acceptors (Lipinski definition) is 8. The number of aromatic nitrogens is 1. The van der Waals surface area contributed by atoms with E-state index in [2.05, 4.69) is 4.98 Å². The highest BCUT2D eigenvalue weighted by molar-refractivity contribution is 7.89. The van der Waals surface area contributed by atoms with E-state index in [0.717, 1.165) is 6.07 Å². The number of piperazine rings is 1. The molecular weight excluding hydrogens is 410 g/mol. The van der Waals surface area contributed by atoms with Gasteiger partial charge in [0.2, 0.25) is 20.0 Å². The number of anilines is 1. The summed E-state index contributed by atoms with van der Waals surface area (Å²) in [6, 6.07) is 6.38. The van der Waals surface area contributed by atoms with Crippen LogP contribution in [0.1, 0.15) is 0 Å². The Balaban J connectivity index is 1.83. The number of nitro benzene ring substituents is 1. The Bertz CT molecular complexity index is 1100. The molecule has 0 saturated carbocycles. The van der Waals surface area contributed by atoms with Crippen molar-refractivity contribution in [2.75, 3.05) is 31.1 Å². The topological polar surface area (TPSA) is 157 Å². The highest BCUT2D eigenvalue weighted by Gasteiger charge is 2.31. The molecule has 0 bridgehead atoms. The molecule has 1 fully saturated rings. The number of hydrogen-bond donors (Lipinski definition) is 1. The molecule has 0 radical (unpaired) electrons. The van der Waals surface area contributed by atoms with Crippen molar-refractivity contribution in [2.45, 2.75) is 9.79 Å². The zero-order valence-corrected chi connectivity index (χ0v) is 16.1. The zero-order valence-electron chi connectivity index (χ0n) is 14.5. The van der Waals surface area contributed by atoms with Crippen molar-refractivity contribution >= 4 is 31.4 Å². The molecule has 2 N–H and O–H groups in total. The van der Waals surface area contributed by atoms with Gasteiger partial charge in [0.05, 0.1) is 9.82 Å². The second-order valence-electron chi connectivity index (χ2n) is 6.03. The summed E-state index contributed by atoms with van der Waals surface area (Å²) in [5, 5.41) is 16.4. The van der Waals surface area contributed by atoms with E-state index in [1.165, 1.54) is 41.0 Å². The van der Waals surface area contributed by atoms with Crippen LogP contribution >= 0.6 is 0 Å². The Morgan fingerprint density at radius 1 is 1.04 bits per heavy atom. The number of benzene rings is 1. The molecule has 0 spiro atoms. The van der Waals surface area contributed by atoms with Gasteiger partial charge in [-0.15, -0.1) is 0 Å². The molecule has 2 heterocycles. The number of nitro groups is 1. The summed E-state index contributed by atoms with van der Waals surface area (Å²) in [5.74, 6) is 0. The number of primary sulfonamides is 1. The van der Waals surface area contributed by atoms with E-state index in [0.29, 0.717) is 0 Å². The van der Waals surface area contributed by atoms with Gasteiger partial charge in [-0.1, -0.05) is 0 Å². The number of rotatable bonds is 5. The minimum Gasteiger partial charge on any atom is -0.363 e. The summed E-state index contributed by atoms with van der Waals surface area (Å²) in [4.78, 5) is 15.9. The molecule has 1 saturated heterocycles. The van der Waals surface area contributed by atoms with Crippen LogP contribution in [-0.4, -0.2) is 57.2 Å². The lowest BCUT2D eigenvalue weighted by molar-refractivity contribution is -0.384. The summed E-state index contributed by atoms with van der Waals surface area (Å²) in [7, 11) is -7.79. The fraction of sp³-hybridized carbons (Fsp3) is 0.267. The number of nitrogens with two attached hydrogens (primary N) is 1. The largest absolute Gasteiger partial charge is 0.363 e. The lowest BCUT2D eigenvalue weighted by Crippen LogP contribution is -2.48. The molecule has 2 aromatic rings. The Labute approximate surface area is 161 Å². The summed E-state index contributed by atoms with van der Waals surface area (Å²) < 4.78 is 49.5. The van der Waals surface area contributed by atoms with Gasteiger partial charge >= 0.3 is 0 Å². The molecule has 0 unspecified atom stereocenters. The first-order valence-corrected chi connectivity index (χ1v) is 11.1. The van der Waals surface area contributed by atoms with Gasteiger partial charge in [-0.05, 0) is 24.3 Å². The third-order valence-electron chi connectivity index (χ3n) is 4.32. The van der Waals surface area contributed by atoms with Gasteiger partial charge in [0.25, 0.3) is 5.69 Å². The Hall–Kier alpha value is -2.61. The fourth-order valence-corrected chi connectivity index (χ4v) is 4.83. The van der Waals surface area contributed by atoms with E-state index in [-0.39, 0.29) is 41.7 Å². The Kier molecular flexibility index (Phi) is 5.34. The van der Waals surface area contributed by atoms with Crippen molar-refractivity contribution in [2.24, 2.45) is 5.14 Å². The van der Waals surface area contributed by atoms with Crippen LogP contribution in [0.2, 0.25) is 0 Å². The molecule has 1 aromatic heterocycles. The van der Waals surface area contributed by atoms with Crippen LogP contribution in [0, 0.1) is 10.1 Å². The molecule has 0 aliphatic carbocycles. The lowest BCUT2D eigenvalue weighted by atomic mass is 10.2. The van der Waals surface area contributed by atoms with E-state index in [1.54, 1.807) is 4.90 Å². The van der Waals surface area contributed by atoms with Gasteiger partial charge < -0.3 is 4.90 Å². The molecule has 1 aromatic carbocycles. The van der Waals surface area contributed by atoms with E-state index in [4.69, 9.17) is 5.14 Å². The van der Waals surface area contributed by atoms with Crippen LogP contribution in [-0.2, 0) is 20.0 Å². The maximum Gasteiger partial charge on any atom is 0.293 e. The Morgan fingerprint density at radius 3 is 2.25 bits per heavy atom. The molecule has 13 heteroatoms. The maximum atomic E-state index is 12.6. The maximum absolute atomic E-state index is 12.6.